The van der Waals surface area contributed by atoms with Crippen LogP contribution in [0.1, 0.15) is 12.0 Å². The van der Waals surface area contributed by atoms with Gasteiger partial charge in [-0.15, -0.1) is 23.1 Å². The first kappa shape index (κ1) is 17.2. The van der Waals surface area contributed by atoms with Crippen molar-refractivity contribution in [3.8, 4) is 17.3 Å². The Bertz CT molecular complexity index is 883. The topological polar surface area (TPSA) is 65.8 Å². The second-order valence-electron chi connectivity index (χ2n) is 5.19. The third kappa shape index (κ3) is 4.92. The van der Waals surface area contributed by atoms with Crippen LogP contribution in [0.15, 0.2) is 64.9 Å². The van der Waals surface area contributed by atoms with Gasteiger partial charge in [0.05, 0.1) is 17.3 Å². The fourth-order valence-corrected chi connectivity index (χ4v) is 3.75. The van der Waals surface area contributed by atoms with E-state index in [4.69, 9.17) is 5.26 Å². The Kier molecular flexibility index (Phi) is 5.83. The third-order valence-electron chi connectivity index (χ3n) is 3.40. The van der Waals surface area contributed by atoms with Crippen LogP contribution in [-0.2, 0) is 4.79 Å². The van der Waals surface area contributed by atoms with Gasteiger partial charge in [0.15, 0.2) is 5.13 Å². The minimum Gasteiger partial charge on any atom is -0.302 e. The lowest BCUT2D eigenvalue weighted by molar-refractivity contribution is -0.115. The molecular formula is C19H15N3OS2. The number of nitrogens with zero attached hydrogens (tertiary/aromatic N) is 2. The number of carbonyl (C=O) groups excluding carboxylic acids is 1. The van der Waals surface area contributed by atoms with Gasteiger partial charge in [-0.3, -0.25) is 4.79 Å². The molecule has 3 rings (SSSR count). The molecule has 0 spiro atoms. The standard InChI is InChI=1S/C19H15N3OS2/c20-12-14-6-8-15(9-7-14)17-13-25-19(21-17)22-18(23)10-11-24-16-4-2-1-3-5-16/h1-9,13H,10-11H2,(H,21,22,23). The quantitative estimate of drug-likeness (QED) is 0.637. The molecule has 0 saturated heterocycles. The summed E-state index contributed by atoms with van der Waals surface area (Å²) >= 11 is 3.06. The number of hydrogen-bond acceptors (Lipinski definition) is 5. The number of rotatable bonds is 6. The molecule has 0 unspecified atom stereocenters. The van der Waals surface area contributed by atoms with Gasteiger partial charge in [-0.2, -0.15) is 5.26 Å². The van der Waals surface area contributed by atoms with Crippen LogP contribution in [0.3, 0.4) is 0 Å². The van der Waals surface area contributed by atoms with Gasteiger partial charge in [0.1, 0.15) is 0 Å². The molecule has 0 saturated carbocycles. The monoisotopic (exact) mass is 365 g/mol. The van der Waals surface area contributed by atoms with Gasteiger partial charge < -0.3 is 5.32 Å². The number of nitriles is 1. The Balaban J connectivity index is 1.52. The molecule has 0 radical (unpaired) electrons. The highest BCUT2D eigenvalue weighted by molar-refractivity contribution is 7.99. The number of benzene rings is 2. The van der Waals surface area contributed by atoms with Gasteiger partial charge in [0, 0.05) is 28.0 Å². The maximum absolute atomic E-state index is 12.0. The van der Waals surface area contributed by atoms with Crippen LogP contribution >= 0.6 is 23.1 Å². The smallest absolute Gasteiger partial charge is 0.226 e. The fraction of sp³-hybridized carbons (Fsp3) is 0.105. The molecular weight excluding hydrogens is 350 g/mol. The number of anilines is 1. The first-order chi connectivity index (χ1) is 12.2. The van der Waals surface area contributed by atoms with Crippen molar-refractivity contribution >= 4 is 34.1 Å². The molecule has 0 fully saturated rings. The van der Waals surface area contributed by atoms with E-state index in [0.717, 1.165) is 21.9 Å². The molecule has 124 valence electrons. The lowest BCUT2D eigenvalue weighted by Gasteiger charge is -2.02. The summed E-state index contributed by atoms with van der Waals surface area (Å²) in [5, 5.41) is 14.2. The van der Waals surface area contributed by atoms with E-state index in [0.29, 0.717) is 17.1 Å². The molecule has 0 aliphatic carbocycles. The van der Waals surface area contributed by atoms with Crippen LogP contribution < -0.4 is 5.32 Å². The first-order valence-corrected chi connectivity index (χ1v) is 9.55. The van der Waals surface area contributed by atoms with Crippen LogP contribution in [0.2, 0.25) is 0 Å². The summed E-state index contributed by atoms with van der Waals surface area (Å²) in [5.41, 5.74) is 2.34. The van der Waals surface area contributed by atoms with E-state index in [-0.39, 0.29) is 5.91 Å². The molecule has 4 nitrogen and oxygen atoms in total. The molecule has 1 amide bonds. The minimum atomic E-state index is -0.0378. The third-order valence-corrected chi connectivity index (χ3v) is 5.17. The van der Waals surface area contributed by atoms with E-state index in [2.05, 4.69) is 16.4 Å². The Morgan fingerprint density at radius 3 is 2.64 bits per heavy atom. The van der Waals surface area contributed by atoms with E-state index in [9.17, 15) is 4.79 Å². The van der Waals surface area contributed by atoms with Gasteiger partial charge in [-0.25, -0.2) is 4.98 Å². The van der Waals surface area contributed by atoms with Crippen molar-refractivity contribution in [2.45, 2.75) is 11.3 Å². The summed E-state index contributed by atoms with van der Waals surface area (Å²) in [6.45, 7) is 0. The SMILES string of the molecule is N#Cc1ccc(-c2csc(NC(=O)CCSc3ccccc3)n2)cc1. The van der Waals surface area contributed by atoms with Crippen molar-refractivity contribution in [1.29, 1.82) is 5.26 Å². The summed E-state index contributed by atoms with van der Waals surface area (Å²) in [4.78, 5) is 17.6. The molecule has 25 heavy (non-hydrogen) atoms. The van der Waals surface area contributed by atoms with E-state index in [1.54, 1.807) is 23.9 Å². The zero-order chi connectivity index (χ0) is 17.5. The summed E-state index contributed by atoms with van der Waals surface area (Å²) in [5.74, 6) is 0.688. The minimum absolute atomic E-state index is 0.0378. The van der Waals surface area contributed by atoms with Crippen LogP contribution in [0, 0.1) is 11.3 Å². The number of thioether (sulfide) groups is 1. The Hall–Kier alpha value is -2.62. The zero-order valence-electron chi connectivity index (χ0n) is 13.3. The Morgan fingerprint density at radius 2 is 1.92 bits per heavy atom. The number of hydrogen-bond donors (Lipinski definition) is 1. The maximum Gasteiger partial charge on any atom is 0.226 e. The van der Waals surface area contributed by atoms with Crippen molar-refractivity contribution in [1.82, 2.24) is 4.98 Å². The molecule has 0 aliphatic rings. The molecule has 1 N–H and O–H groups in total. The second kappa shape index (κ2) is 8.47. The van der Waals surface area contributed by atoms with E-state index in [1.165, 1.54) is 11.3 Å². The molecule has 1 aromatic heterocycles. The van der Waals surface area contributed by atoms with E-state index < -0.39 is 0 Å². The van der Waals surface area contributed by atoms with Crippen molar-refractivity contribution in [2.75, 3.05) is 11.1 Å². The predicted octanol–water partition coefficient (Wildman–Crippen LogP) is 4.80. The molecule has 1 heterocycles. The maximum atomic E-state index is 12.0. The lowest BCUT2D eigenvalue weighted by atomic mass is 10.1. The van der Waals surface area contributed by atoms with Gasteiger partial charge in [-0.05, 0) is 24.3 Å². The lowest BCUT2D eigenvalue weighted by Crippen LogP contribution is -2.11. The van der Waals surface area contributed by atoms with Crippen molar-refractivity contribution in [3.63, 3.8) is 0 Å². The van der Waals surface area contributed by atoms with E-state index in [1.807, 2.05) is 47.8 Å². The molecule has 6 heteroatoms. The number of thiazole rings is 1. The van der Waals surface area contributed by atoms with Gasteiger partial charge >= 0.3 is 0 Å². The number of aromatic nitrogens is 1. The molecule has 0 aliphatic heterocycles. The number of amides is 1. The summed E-state index contributed by atoms with van der Waals surface area (Å²) in [6, 6.07) is 19.3. The molecule has 2 aromatic carbocycles. The summed E-state index contributed by atoms with van der Waals surface area (Å²) in [7, 11) is 0. The van der Waals surface area contributed by atoms with Crippen LogP contribution in [0.4, 0.5) is 5.13 Å². The highest BCUT2D eigenvalue weighted by Gasteiger charge is 2.08. The van der Waals surface area contributed by atoms with Crippen LogP contribution in [-0.4, -0.2) is 16.6 Å². The van der Waals surface area contributed by atoms with E-state index >= 15 is 0 Å². The average Bonchev–Trinajstić information content (AvgIpc) is 3.11. The number of carbonyl (C=O) groups is 1. The van der Waals surface area contributed by atoms with Gasteiger partial charge in [0.25, 0.3) is 0 Å². The van der Waals surface area contributed by atoms with Gasteiger partial charge in [0.2, 0.25) is 5.91 Å². The van der Waals surface area contributed by atoms with Gasteiger partial charge in [-0.1, -0.05) is 30.3 Å². The fourth-order valence-electron chi connectivity index (χ4n) is 2.14. The normalized spacial score (nSPS) is 10.2. The molecule has 0 atom stereocenters. The summed E-state index contributed by atoms with van der Waals surface area (Å²) < 4.78 is 0. The molecule has 3 aromatic rings. The first-order valence-electron chi connectivity index (χ1n) is 7.68. The Labute approximate surface area is 154 Å². The van der Waals surface area contributed by atoms with Crippen molar-refractivity contribution < 1.29 is 4.79 Å². The largest absolute Gasteiger partial charge is 0.302 e. The highest BCUT2D eigenvalue weighted by Crippen LogP contribution is 2.25. The van der Waals surface area contributed by atoms with Crippen LogP contribution in [0.5, 0.6) is 0 Å². The Morgan fingerprint density at radius 1 is 1.16 bits per heavy atom. The average molecular weight is 365 g/mol. The second-order valence-corrected chi connectivity index (χ2v) is 7.21. The summed E-state index contributed by atoms with van der Waals surface area (Å²) in [6.07, 6.45) is 0.436. The van der Waals surface area contributed by atoms with Crippen molar-refractivity contribution in [2.24, 2.45) is 0 Å². The number of nitrogens with one attached hydrogen (secondary N) is 1. The molecule has 0 bridgehead atoms. The van der Waals surface area contributed by atoms with Crippen molar-refractivity contribution in [3.05, 3.63) is 65.5 Å². The van der Waals surface area contributed by atoms with Crippen LogP contribution in [0.25, 0.3) is 11.3 Å². The highest BCUT2D eigenvalue weighted by atomic mass is 32.2. The zero-order valence-corrected chi connectivity index (χ0v) is 14.9. The predicted molar refractivity (Wildman–Crippen MR) is 103 cm³/mol.